The highest BCUT2D eigenvalue weighted by Crippen LogP contribution is 2.56. The topological polar surface area (TPSA) is 350 Å². The van der Waals surface area contributed by atoms with Gasteiger partial charge in [-0.15, -0.1) is 0 Å². The van der Waals surface area contributed by atoms with Crippen molar-refractivity contribution in [3.8, 4) is 17.6 Å². The zero-order chi connectivity index (χ0) is 60.8. The van der Waals surface area contributed by atoms with Crippen LogP contribution in [-0.4, -0.2) is 148 Å². The number of thioether (sulfide) groups is 2. The molecule has 2 aliphatic heterocycles. The van der Waals surface area contributed by atoms with E-state index in [1.807, 2.05) is 18.2 Å². The molecule has 32 heteroatoms. The van der Waals surface area contributed by atoms with Crippen LogP contribution >= 0.6 is 39.2 Å². The normalized spacial score (nSPS) is 20.4. The number of aromatic nitrogens is 8. The first-order valence-corrected chi connectivity index (χ1v) is 31.6. The number of rotatable bonds is 29. The second-order valence-electron chi connectivity index (χ2n) is 21.0. The molecule has 0 radical (unpaired) electrons. The number of phosphoric acid groups is 2. The van der Waals surface area contributed by atoms with Gasteiger partial charge in [-0.05, 0) is 24.3 Å². The van der Waals surface area contributed by atoms with E-state index in [1.165, 1.54) is 34.4 Å². The first-order valence-electron chi connectivity index (χ1n) is 26.7. The summed E-state index contributed by atoms with van der Waals surface area (Å²) in [7, 11) is -9.47. The first-order chi connectivity index (χ1) is 40.6. The molecule has 28 nitrogen and oxygen atoms in total. The molecule has 6 heterocycles. The van der Waals surface area contributed by atoms with Crippen LogP contribution in [0.1, 0.15) is 73.3 Å². The van der Waals surface area contributed by atoms with Gasteiger partial charge in [0.2, 0.25) is 0 Å². The Morgan fingerprint density at radius 1 is 0.647 bits per heavy atom. The molecule has 4 aromatic heterocycles. The fourth-order valence-electron chi connectivity index (χ4n) is 8.15. The van der Waals surface area contributed by atoms with Crippen molar-refractivity contribution in [2.45, 2.75) is 97.7 Å². The number of imidazole rings is 2. The number of aliphatic hydroxyl groups is 1. The van der Waals surface area contributed by atoms with Crippen molar-refractivity contribution in [3.05, 3.63) is 86.0 Å². The molecule has 3 N–H and O–H groups in total. The number of hydrogen-bond acceptors (Lipinski definition) is 26. The highest BCUT2D eigenvalue weighted by Gasteiger charge is 2.47. The van der Waals surface area contributed by atoms with Crippen LogP contribution in [0.3, 0.4) is 0 Å². The summed E-state index contributed by atoms with van der Waals surface area (Å²) in [6.07, 6.45) is -2.24. The monoisotopic (exact) mass is 1250 g/mol. The van der Waals surface area contributed by atoms with E-state index in [0.29, 0.717) is 11.5 Å². The van der Waals surface area contributed by atoms with Gasteiger partial charge >= 0.3 is 15.6 Å². The van der Waals surface area contributed by atoms with Gasteiger partial charge in [-0.25, -0.2) is 39.0 Å². The lowest BCUT2D eigenvalue weighted by Gasteiger charge is -2.27. The van der Waals surface area contributed by atoms with E-state index in [1.54, 1.807) is 90.1 Å². The molecule has 0 aliphatic carbocycles. The fourth-order valence-corrected chi connectivity index (χ4v) is 12.7. The average Bonchev–Trinajstić information content (AvgIpc) is 2.62. The molecule has 8 rings (SSSR count). The maximum Gasteiger partial charge on any atom is 0.475 e. The van der Waals surface area contributed by atoms with Crippen LogP contribution in [0.25, 0.3) is 22.3 Å². The molecule has 2 amide bonds. The summed E-state index contributed by atoms with van der Waals surface area (Å²) in [4.78, 5) is 77.8. The van der Waals surface area contributed by atoms with E-state index in [2.05, 4.69) is 40.5 Å². The molecule has 0 saturated carbocycles. The number of nitriles is 1. The lowest BCUT2D eigenvalue weighted by atomic mass is 9.99. The molecule has 0 bridgehead atoms. The van der Waals surface area contributed by atoms with E-state index >= 15 is 4.57 Å². The Balaban J connectivity index is 1.04. The quantitative estimate of drug-likeness (QED) is 0.0297. The van der Waals surface area contributed by atoms with Gasteiger partial charge in [-0.3, -0.25) is 55.5 Å². The van der Waals surface area contributed by atoms with E-state index in [9.17, 15) is 34.1 Å². The Labute approximate surface area is 497 Å². The van der Waals surface area contributed by atoms with Gasteiger partial charge in [0.25, 0.3) is 11.8 Å². The number of ether oxygens (including phenoxy) is 4. The number of carbonyl (C=O) groups excluding carboxylic acids is 4. The molecule has 2 unspecified atom stereocenters. The predicted octanol–water partition coefficient (Wildman–Crippen LogP) is 7.85. The molecule has 2 aromatic carbocycles. The van der Waals surface area contributed by atoms with Crippen LogP contribution in [0.5, 0.6) is 11.5 Å². The molecule has 456 valence electrons. The second kappa shape index (κ2) is 29.4. The summed E-state index contributed by atoms with van der Waals surface area (Å²) in [5, 5.41) is 25.1. The smallest absolute Gasteiger partial charge is 0.475 e. The Morgan fingerprint density at radius 2 is 1.08 bits per heavy atom. The molecule has 2 saturated heterocycles. The summed E-state index contributed by atoms with van der Waals surface area (Å²) < 4.78 is 92.7. The Bertz CT molecular complexity index is 3400. The number of aliphatic hydroxyl groups excluding tert-OH is 1. The lowest BCUT2D eigenvalue weighted by Crippen LogP contribution is -2.31. The zero-order valence-corrected chi connectivity index (χ0v) is 50.7. The number of nitrogens with one attached hydrogen (secondary N) is 2. The maximum atomic E-state index is 15.2. The number of anilines is 2. The van der Waals surface area contributed by atoms with Crippen molar-refractivity contribution < 1.29 is 79.5 Å². The van der Waals surface area contributed by atoms with E-state index in [4.69, 9.17) is 46.1 Å². The van der Waals surface area contributed by atoms with Crippen molar-refractivity contribution >= 4 is 95.2 Å². The van der Waals surface area contributed by atoms with E-state index in [-0.39, 0.29) is 108 Å². The molecule has 2 aliphatic rings. The number of carbonyl (C=O) groups is 4. The molecule has 85 heavy (non-hydrogen) atoms. The van der Waals surface area contributed by atoms with Crippen molar-refractivity contribution in [2.75, 3.05) is 68.4 Å². The van der Waals surface area contributed by atoms with Gasteiger partial charge in [0.1, 0.15) is 61.0 Å². The minimum Gasteiger partial charge on any atom is -0.484 e. The number of phosphoric ester groups is 2. The van der Waals surface area contributed by atoms with Gasteiger partial charge in [0.15, 0.2) is 57.4 Å². The Kier molecular flexibility index (Phi) is 22.4. The highest BCUT2D eigenvalue weighted by molar-refractivity contribution is 8.14. The minimum absolute atomic E-state index is 0.0179. The average molecular weight is 1250 g/mol. The summed E-state index contributed by atoms with van der Waals surface area (Å²) >= 11 is 1.90. The van der Waals surface area contributed by atoms with Gasteiger partial charge in [-0.1, -0.05) is 101 Å². The number of para-hydroxylation sites is 2. The predicted molar refractivity (Wildman–Crippen MR) is 309 cm³/mol. The molecule has 6 aromatic rings. The maximum absolute atomic E-state index is 15.2. The lowest BCUT2D eigenvalue weighted by molar-refractivity contribution is -0.118. The van der Waals surface area contributed by atoms with Crippen LogP contribution in [0.2, 0.25) is 0 Å². The largest absolute Gasteiger partial charge is 0.484 e. The van der Waals surface area contributed by atoms with Crippen molar-refractivity contribution in [2.24, 2.45) is 10.8 Å². The summed E-state index contributed by atoms with van der Waals surface area (Å²) in [5.41, 5.74) is -0.629. The third-order valence-corrected chi connectivity index (χ3v) is 17.9. The molecular weight excluding hydrogens is 1190 g/mol. The number of nitrogens with zero attached hydrogens (tertiary/aromatic N) is 9. The number of hydrogen-bond donors (Lipinski definition) is 3. The van der Waals surface area contributed by atoms with Gasteiger partial charge in [0.05, 0.1) is 58.2 Å². The Hall–Kier alpha value is -6.29. The van der Waals surface area contributed by atoms with Gasteiger partial charge in [0, 0.05) is 35.2 Å². The van der Waals surface area contributed by atoms with E-state index < -0.39 is 88.4 Å². The molecule has 0 spiro atoms. The minimum atomic E-state index is -4.84. The van der Waals surface area contributed by atoms with E-state index in [0.717, 1.165) is 23.5 Å². The third kappa shape index (κ3) is 17.9. The molecule has 8 atom stereocenters. The van der Waals surface area contributed by atoms with Crippen LogP contribution in [0, 0.1) is 22.2 Å². The summed E-state index contributed by atoms with van der Waals surface area (Å²) in [5.74, 6) is 0.116. The molecular formula is C53H65N11O17P2S2. The van der Waals surface area contributed by atoms with Crippen LogP contribution in [-0.2, 0) is 64.9 Å². The Morgan fingerprint density at radius 3 is 1.53 bits per heavy atom. The van der Waals surface area contributed by atoms with Crippen LogP contribution in [0.15, 0.2) is 86.0 Å². The summed E-state index contributed by atoms with van der Waals surface area (Å²) in [6, 6.07) is 19.4. The van der Waals surface area contributed by atoms with Crippen molar-refractivity contribution in [3.63, 3.8) is 0 Å². The SMILES string of the molecule is CC(C)(C)C(=O)SCCOP(=O)(OC[C@H]1O[C@@H](n2cnc3c(NC(=O)COc4ccccc4)ncnc32)C[C@H]1OP(=O)(OCCC#N)OCCSC(=O)C(C)(C)C)O[C@@H]1C[C@H](n2cnc3c(NC(=O)COc4ccccc4)ncnc32)O[C@@H]1CO. The standard InChI is InChI=1S/C53H65N11O17P2S2/c1-52(2,3)50(68)84-22-20-75-82(70,74-19-13-18-54)81-37-25-43(64-33-60-45-47(56-31-58-49(45)64)62-41(67)29-73-35-16-11-8-12-17-35)79-39(37)27-77-83(71,76-21-23-85-51(69)53(4,5)6)80-36-24-42(78-38(36)26-65)63-32-59-44-46(55-30-57-48(44)63)61-40(66)28-72-34-14-9-7-10-15-34/h7-12,14-17,30-33,36-39,42-43,65H,13,19-29H2,1-6H3,(H,55,57,61,66)(H,56,58,62,67)/t36-,37-,38-,39-,42-,43-,82?,83?/m1/s1. The van der Waals surface area contributed by atoms with Gasteiger partial charge in [-0.2, -0.15) is 5.26 Å². The second-order valence-corrected chi connectivity index (χ2v) is 26.3. The van der Waals surface area contributed by atoms with Crippen molar-refractivity contribution in [1.82, 2.24) is 39.0 Å². The summed E-state index contributed by atoms with van der Waals surface area (Å²) in [6.45, 7) is 7.55. The number of fused-ring (bicyclic) bond motifs is 2. The molecule has 2 fully saturated rings. The third-order valence-electron chi connectivity index (χ3n) is 12.4. The fraction of sp³-hybridized carbons (Fsp3) is 0.491. The number of benzene rings is 2. The number of amides is 2. The van der Waals surface area contributed by atoms with Crippen molar-refractivity contribution in [1.29, 1.82) is 5.26 Å². The highest BCUT2D eigenvalue weighted by atomic mass is 32.2. The first kappa shape index (κ1) is 64.7. The van der Waals surface area contributed by atoms with Gasteiger partial charge < -0.3 is 34.7 Å². The zero-order valence-electron chi connectivity index (χ0n) is 47.2. The van der Waals surface area contributed by atoms with Crippen LogP contribution in [0.4, 0.5) is 11.6 Å². The van der Waals surface area contributed by atoms with Crippen LogP contribution < -0.4 is 20.1 Å².